The summed E-state index contributed by atoms with van der Waals surface area (Å²) < 4.78 is 16.1. The minimum atomic E-state index is 0. The predicted octanol–water partition coefficient (Wildman–Crippen LogP) is 3.86. The van der Waals surface area contributed by atoms with Crippen LogP contribution in [0.1, 0.15) is 24.0 Å². The number of halogens is 1. The second-order valence-corrected chi connectivity index (χ2v) is 6.58. The van der Waals surface area contributed by atoms with E-state index in [4.69, 9.17) is 14.2 Å². The molecule has 0 fully saturated rings. The van der Waals surface area contributed by atoms with Gasteiger partial charge in [-0.3, -0.25) is 4.99 Å². The smallest absolute Gasteiger partial charge is 0.203 e. The average molecular weight is 505 g/mol. The molecule has 0 amide bonds. The van der Waals surface area contributed by atoms with Crippen molar-refractivity contribution in [2.24, 2.45) is 4.99 Å². The molecule has 0 spiro atoms. The van der Waals surface area contributed by atoms with Crippen molar-refractivity contribution in [3.63, 3.8) is 0 Å². The number of rotatable bonds is 8. The first-order chi connectivity index (χ1) is 12.6. The van der Waals surface area contributed by atoms with E-state index in [1.807, 2.05) is 12.1 Å². The van der Waals surface area contributed by atoms with Crippen molar-refractivity contribution in [3.8, 4) is 17.2 Å². The molecular formula is C19H28IN3O3S. The number of nitrogens with one attached hydrogen (secondary N) is 2. The van der Waals surface area contributed by atoms with Crippen molar-refractivity contribution in [1.82, 2.24) is 10.6 Å². The van der Waals surface area contributed by atoms with Crippen LogP contribution in [0.2, 0.25) is 0 Å². The van der Waals surface area contributed by atoms with Crippen LogP contribution >= 0.6 is 35.3 Å². The molecule has 6 nitrogen and oxygen atoms in total. The summed E-state index contributed by atoms with van der Waals surface area (Å²) in [6.45, 7) is 3.59. The third-order valence-corrected chi connectivity index (χ3v) is 4.80. The molecule has 8 heteroatoms. The number of hydrogen-bond acceptors (Lipinski definition) is 5. The van der Waals surface area contributed by atoms with Crippen LogP contribution in [0, 0.1) is 0 Å². The Bertz CT molecular complexity index is 698. The number of benzene rings is 1. The van der Waals surface area contributed by atoms with Gasteiger partial charge in [0.1, 0.15) is 0 Å². The summed E-state index contributed by atoms with van der Waals surface area (Å²) in [7, 11) is 6.58. The highest BCUT2D eigenvalue weighted by Gasteiger charge is 2.13. The zero-order chi connectivity index (χ0) is 18.9. The molecule has 2 N–H and O–H groups in total. The Kier molecular flexibility index (Phi) is 10.3. The molecule has 2 aromatic rings. The second-order valence-electron chi connectivity index (χ2n) is 5.80. The van der Waals surface area contributed by atoms with E-state index < -0.39 is 0 Å². The van der Waals surface area contributed by atoms with E-state index in [1.54, 1.807) is 39.7 Å². The summed E-state index contributed by atoms with van der Waals surface area (Å²) in [5.41, 5.74) is 2.34. The van der Waals surface area contributed by atoms with E-state index in [2.05, 4.69) is 39.4 Å². The molecule has 0 aliphatic rings. The van der Waals surface area contributed by atoms with E-state index >= 15 is 0 Å². The monoisotopic (exact) mass is 505 g/mol. The van der Waals surface area contributed by atoms with E-state index in [9.17, 15) is 0 Å². The zero-order valence-corrected chi connectivity index (χ0v) is 19.5. The Hall–Kier alpha value is -1.68. The van der Waals surface area contributed by atoms with Crippen molar-refractivity contribution >= 4 is 41.3 Å². The van der Waals surface area contributed by atoms with E-state index in [1.165, 1.54) is 5.56 Å². The number of thiophene rings is 1. The highest BCUT2D eigenvalue weighted by Crippen LogP contribution is 2.38. The van der Waals surface area contributed by atoms with Crippen LogP contribution in [0.25, 0.3) is 0 Å². The molecule has 0 radical (unpaired) electrons. The van der Waals surface area contributed by atoms with Crippen LogP contribution in [0.4, 0.5) is 0 Å². The Morgan fingerprint density at radius 2 is 1.78 bits per heavy atom. The molecule has 27 heavy (non-hydrogen) atoms. The summed E-state index contributed by atoms with van der Waals surface area (Å²) in [5.74, 6) is 3.03. The molecule has 0 aliphatic heterocycles. The maximum Gasteiger partial charge on any atom is 0.203 e. The normalized spacial score (nSPS) is 12.0. The van der Waals surface area contributed by atoms with Crippen LogP contribution < -0.4 is 24.8 Å². The Morgan fingerprint density at radius 1 is 1.11 bits per heavy atom. The Labute approximate surface area is 182 Å². The van der Waals surface area contributed by atoms with Gasteiger partial charge in [-0.15, -0.1) is 24.0 Å². The third kappa shape index (κ3) is 6.46. The first-order valence-corrected chi connectivity index (χ1v) is 9.32. The fourth-order valence-corrected chi connectivity index (χ4v) is 3.35. The van der Waals surface area contributed by atoms with Crippen molar-refractivity contribution in [2.45, 2.75) is 19.4 Å². The lowest BCUT2D eigenvalue weighted by molar-refractivity contribution is 0.323. The fraction of sp³-hybridized carbons (Fsp3) is 0.421. The van der Waals surface area contributed by atoms with Crippen molar-refractivity contribution in [2.75, 3.05) is 34.9 Å². The van der Waals surface area contributed by atoms with Gasteiger partial charge in [-0.1, -0.05) is 6.92 Å². The molecule has 1 aromatic carbocycles. The molecule has 0 aliphatic carbocycles. The topological polar surface area (TPSA) is 64.1 Å². The average Bonchev–Trinajstić information content (AvgIpc) is 3.21. The molecule has 1 atom stereocenters. The Morgan fingerprint density at radius 3 is 2.26 bits per heavy atom. The first-order valence-electron chi connectivity index (χ1n) is 8.38. The summed E-state index contributed by atoms with van der Waals surface area (Å²) in [6, 6.07) is 6.01. The van der Waals surface area contributed by atoms with Gasteiger partial charge < -0.3 is 24.8 Å². The lowest BCUT2D eigenvalue weighted by Crippen LogP contribution is -2.38. The molecule has 0 saturated heterocycles. The van der Waals surface area contributed by atoms with E-state index in [-0.39, 0.29) is 24.0 Å². The van der Waals surface area contributed by atoms with Gasteiger partial charge in [-0.2, -0.15) is 11.3 Å². The highest BCUT2D eigenvalue weighted by atomic mass is 127. The minimum absolute atomic E-state index is 0. The molecule has 0 saturated carbocycles. The molecule has 150 valence electrons. The number of aliphatic imine (C=N–C) groups is 1. The lowest BCUT2D eigenvalue weighted by Gasteiger charge is -2.17. The van der Waals surface area contributed by atoms with Crippen LogP contribution in [0.3, 0.4) is 0 Å². The lowest BCUT2D eigenvalue weighted by atomic mass is 10.1. The predicted molar refractivity (Wildman–Crippen MR) is 122 cm³/mol. The van der Waals surface area contributed by atoms with Gasteiger partial charge in [0, 0.05) is 20.1 Å². The van der Waals surface area contributed by atoms with Gasteiger partial charge in [0.25, 0.3) is 0 Å². The first kappa shape index (κ1) is 23.4. The maximum absolute atomic E-state index is 5.40. The van der Waals surface area contributed by atoms with Crippen LogP contribution in [0.15, 0.2) is 34.0 Å². The number of ether oxygens (including phenoxy) is 3. The van der Waals surface area contributed by atoms with Gasteiger partial charge in [0.2, 0.25) is 5.75 Å². The van der Waals surface area contributed by atoms with Gasteiger partial charge in [-0.25, -0.2) is 0 Å². The van der Waals surface area contributed by atoms with Crippen molar-refractivity contribution < 1.29 is 14.2 Å². The number of methoxy groups -OCH3 is 3. The van der Waals surface area contributed by atoms with E-state index in [0.29, 0.717) is 29.7 Å². The van der Waals surface area contributed by atoms with Crippen molar-refractivity contribution in [3.05, 3.63) is 40.1 Å². The molecule has 1 unspecified atom stereocenters. The zero-order valence-electron chi connectivity index (χ0n) is 16.4. The minimum Gasteiger partial charge on any atom is -0.493 e. The van der Waals surface area contributed by atoms with Gasteiger partial charge in [0.15, 0.2) is 17.5 Å². The molecule has 2 rings (SSSR count). The fourth-order valence-electron chi connectivity index (χ4n) is 2.57. The van der Waals surface area contributed by atoms with Gasteiger partial charge in [0.05, 0.1) is 21.3 Å². The Balaban J connectivity index is 0.00000364. The molecular weight excluding hydrogens is 477 g/mol. The van der Waals surface area contributed by atoms with Gasteiger partial charge >= 0.3 is 0 Å². The third-order valence-electron chi connectivity index (χ3n) is 4.10. The second kappa shape index (κ2) is 11.9. The van der Waals surface area contributed by atoms with Gasteiger partial charge in [-0.05, 0) is 46.0 Å². The van der Waals surface area contributed by atoms with Crippen molar-refractivity contribution in [1.29, 1.82) is 0 Å². The summed E-state index contributed by atoms with van der Waals surface area (Å²) >= 11 is 1.72. The van der Waals surface area contributed by atoms with Crippen LogP contribution in [-0.4, -0.2) is 40.9 Å². The SMILES string of the molecule is CN=C(NCc1cc(OC)c(OC)c(OC)c1)NCC(C)c1ccsc1.I. The summed E-state index contributed by atoms with van der Waals surface area (Å²) in [5, 5.41) is 11.0. The van der Waals surface area contributed by atoms with E-state index in [0.717, 1.165) is 18.1 Å². The van der Waals surface area contributed by atoms with Crippen LogP contribution in [-0.2, 0) is 6.54 Å². The summed E-state index contributed by atoms with van der Waals surface area (Å²) in [4.78, 5) is 4.29. The molecule has 1 heterocycles. The maximum atomic E-state index is 5.40. The highest BCUT2D eigenvalue weighted by molar-refractivity contribution is 14.0. The quantitative estimate of drug-likeness (QED) is 0.324. The standard InChI is InChI=1S/C19H27N3O3S.HI/c1-13(15-6-7-26-12-15)10-21-19(20-2)22-11-14-8-16(23-3)18(25-5)17(9-14)24-4;/h6-9,12-13H,10-11H2,1-5H3,(H2,20,21,22);1H. The molecule has 1 aromatic heterocycles. The number of nitrogens with zero attached hydrogens (tertiary/aromatic N) is 1. The summed E-state index contributed by atoms with van der Waals surface area (Å²) in [6.07, 6.45) is 0. The molecule has 0 bridgehead atoms. The number of hydrogen-bond donors (Lipinski definition) is 2. The number of guanidine groups is 1. The van der Waals surface area contributed by atoms with Crippen LogP contribution in [0.5, 0.6) is 17.2 Å². The largest absolute Gasteiger partial charge is 0.493 e.